The van der Waals surface area contributed by atoms with E-state index in [1.54, 1.807) is 6.33 Å². The Kier molecular flexibility index (Phi) is 11.5. The van der Waals surface area contributed by atoms with Gasteiger partial charge in [-0.15, -0.1) is 0 Å². The molecule has 0 N–H and O–H groups in total. The third kappa shape index (κ3) is 7.82. The first-order valence-corrected chi connectivity index (χ1v) is 14.4. The van der Waals surface area contributed by atoms with Crippen LogP contribution in [-0.2, 0) is 11.8 Å². The minimum atomic E-state index is 0.337. The number of nitrogens with zero attached hydrogens (tertiary/aromatic N) is 5. The summed E-state index contributed by atoms with van der Waals surface area (Å²) < 4.78 is 6.87. The van der Waals surface area contributed by atoms with E-state index in [4.69, 9.17) is 27.9 Å². The lowest BCUT2D eigenvalue weighted by Crippen LogP contribution is -2.53. The molecule has 37 heavy (non-hydrogen) atoms. The van der Waals surface area contributed by atoms with Crippen molar-refractivity contribution in [2.24, 2.45) is 13.0 Å². The molecule has 0 radical (unpaired) electrons. The highest BCUT2D eigenvalue weighted by atomic mass is 35.5. The van der Waals surface area contributed by atoms with Gasteiger partial charge in [-0.05, 0) is 49.8 Å². The van der Waals surface area contributed by atoms with Gasteiger partial charge in [0.05, 0.1) is 12.0 Å². The van der Waals surface area contributed by atoms with Crippen molar-refractivity contribution in [1.29, 1.82) is 0 Å². The van der Waals surface area contributed by atoms with Crippen LogP contribution in [0.1, 0.15) is 65.5 Å². The fourth-order valence-electron chi connectivity index (χ4n) is 5.03. The van der Waals surface area contributed by atoms with Gasteiger partial charge in [0.25, 0.3) is 0 Å². The third-order valence-electron chi connectivity index (χ3n) is 6.80. The molecule has 3 aromatic rings. The fourth-order valence-corrected chi connectivity index (χ4v) is 5.34. The fraction of sp³-hybridized carbons (Fsp3) is 0.586. The van der Waals surface area contributed by atoms with Crippen molar-refractivity contribution in [1.82, 2.24) is 19.4 Å². The summed E-state index contributed by atoms with van der Waals surface area (Å²) >= 11 is 12.5. The van der Waals surface area contributed by atoms with E-state index < -0.39 is 0 Å². The van der Waals surface area contributed by atoms with Crippen LogP contribution in [-0.4, -0.2) is 58.3 Å². The Bertz CT molecular complexity index is 1090. The summed E-state index contributed by atoms with van der Waals surface area (Å²) in [4.78, 5) is 14.1. The summed E-state index contributed by atoms with van der Waals surface area (Å²) in [6, 6.07) is 11.0. The van der Waals surface area contributed by atoms with Crippen LogP contribution in [0.25, 0.3) is 11.2 Å². The topological polar surface area (TPSA) is 46.4 Å². The van der Waals surface area contributed by atoms with Gasteiger partial charge in [0.2, 0.25) is 0 Å². The molecule has 0 aliphatic carbocycles. The van der Waals surface area contributed by atoms with Gasteiger partial charge in [-0.1, -0.05) is 63.0 Å². The Morgan fingerprint density at radius 2 is 1.73 bits per heavy atom. The number of aryl methyl sites for hydroxylation is 1. The molecule has 0 spiro atoms. The smallest absolute Gasteiger partial charge is 0.163 e. The molecule has 2 unspecified atom stereocenters. The molecule has 5 rings (SSSR count). The van der Waals surface area contributed by atoms with Crippen LogP contribution in [0.5, 0.6) is 0 Å². The highest BCUT2D eigenvalue weighted by Gasteiger charge is 2.31. The minimum Gasteiger partial charge on any atom is -0.381 e. The zero-order chi connectivity index (χ0) is 26.9. The number of benzene rings is 1. The van der Waals surface area contributed by atoms with Gasteiger partial charge in [-0.25, -0.2) is 9.97 Å². The average Bonchev–Trinajstić information content (AvgIpc) is 3.58. The summed E-state index contributed by atoms with van der Waals surface area (Å²) in [5.41, 5.74) is 4.15. The first-order valence-electron chi connectivity index (χ1n) is 13.6. The number of ether oxygens (including phenoxy) is 1. The number of fused-ring (bicyclic) bond motifs is 1. The maximum atomic E-state index is 6.35. The third-order valence-corrected chi connectivity index (χ3v) is 7.25. The van der Waals surface area contributed by atoms with Gasteiger partial charge < -0.3 is 14.2 Å². The molecule has 2 aromatic heterocycles. The molecule has 6 nitrogen and oxygen atoms in total. The second-order valence-electron chi connectivity index (χ2n) is 10.0. The number of aromatic nitrogens is 3. The Balaban J connectivity index is 0.000000478. The summed E-state index contributed by atoms with van der Waals surface area (Å²) in [6.45, 7) is 15.8. The summed E-state index contributed by atoms with van der Waals surface area (Å²) in [6.07, 6.45) is 5.48. The summed E-state index contributed by atoms with van der Waals surface area (Å²) in [5, 5.41) is 1.30. The summed E-state index contributed by atoms with van der Waals surface area (Å²) in [5.74, 6) is 0.617. The summed E-state index contributed by atoms with van der Waals surface area (Å²) in [7, 11) is 1.95. The number of halogens is 2. The zero-order valence-electron chi connectivity index (χ0n) is 23.3. The SMILES string of the molecule is C1CCOC1.CC.CC(C)CC(c1ccc(Cl)cc1)N1CCN(c2cc(Cl)nc3c2ncn3C)C(C)C1. The molecular weight excluding hydrogens is 505 g/mol. The Morgan fingerprint density at radius 3 is 2.30 bits per heavy atom. The molecule has 4 heterocycles. The van der Waals surface area contributed by atoms with Crippen LogP contribution < -0.4 is 4.90 Å². The van der Waals surface area contributed by atoms with Crippen LogP contribution in [0.2, 0.25) is 10.2 Å². The molecule has 2 atom stereocenters. The van der Waals surface area contributed by atoms with Gasteiger partial charge in [-0.3, -0.25) is 4.90 Å². The molecule has 8 heteroatoms. The van der Waals surface area contributed by atoms with E-state index in [1.807, 2.05) is 43.7 Å². The normalized spacial score (nSPS) is 18.8. The Hall–Kier alpha value is -1.86. The van der Waals surface area contributed by atoms with Crippen LogP contribution in [0.4, 0.5) is 5.69 Å². The van der Waals surface area contributed by atoms with Gasteiger partial charge in [0.1, 0.15) is 10.7 Å². The van der Waals surface area contributed by atoms with Gasteiger partial charge >= 0.3 is 0 Å². The van der Waals surface area contributed by atoms with Crippen molar-refractivity contribution in [3.63, 3.8) is 0 Å². The second kappa shape index (κ2) is 14.3. The number of piperazine rings is 1. The standard InChI is InChI=1S/C23H29Cl2N5.C4H8O.C2H6/c1-15(2)11-19(17-5-7-18(24)8-6-17)29-9-10-30(16(3)13-29)20-12-21(25)27-23-22(20)26-14-28(23)4;1-2-4-5-3-1;1-2/h5-8,12,14-16,19H,9-11,13H2,1-4H3;1-4H2;1-2H3. The van der Waals surface area contributed by atoms with E-state index in [2.05, 4.69) is 52.7 Å². The lowest BCUT2D eigenvalue weighted by atomic mass is 9.94. The van der Waals surface area contributed by atoms with E-state index in [0.717, 1.165) is 61.1 Å². The number of anilines is 1. The monoisotopic (exact) mass is 547 g/mol. The number of hydrogen-bond donors (Lipinski definition) is 0. The molecule has 204 valence electrons. The molecule has 2 aliphatic rings. The number of rotatable bonds is 5. The Labute approximate surface area is 232 Å². The van der Waals surface area contributed by atoms with E-state index >= 15 is 0 Å². The maximum absolute atomic E-state index is 6.35. The highest BCUT2D eigenvalue weighted by molar-refractivity contribution is 6.30. The molecule has 0 bridgehead atoms. The van der Waals surface area contributed by atoms with Crippen molar-refractivity contribution in [3.05, 3.63) is 52.4 Å². The van der Waals surface area contributed by atoms with E-state index in [9.17, 15) is 0 Å². The van der Waals surface area contributed by atoms with Gasteiger partial charge in [0, 0.05) is 63.1 Å². The number of pyridine rings is 1. The van der Waals surface area contributed by atoms with E-state index in [1.165, 1.54) is 18.4 Å². The maximum Gasteiger partial charge on any atom is 0.163 e. The number of imidazole rings is 1. The first-order chi connectivity index (χ1) is 17.8. The lowest BCUT2D eigenvalue weighted by Gasteiger charge is -2.45. The molecular formula is C29H43Cl2N5O. The van der Waals surface area contributed by atoms with Crippen LogP contribution in [0.15, 0.2) is 36.7 Å². The largest absolute Gasteiger partial charge is 0.381 e. The van der Waals surface area contributed by atoms with Crippen molar-refractivity contribution >= 4 is 40.1 Å². The van der Waals surface area contributed by atoms with Crippen molar-refractivity contribution in [3.8, 4) is 0 Å². The predicted octanol–water partition coefficient (Wildman–Crippen LogP) is 7.40. The lowest BCUT2D eigenvalue weighted by molar-refractivity contribution is 0.146. The van der Waals surface area contributed by atoms with E-state index in [0.29, 0.717) is 23.2 Å². The minimum absolute atomic E-state index is 0.337. The quantitative estimate of drug-likeness (QED) is 0.311. The molecule has 1 aromatic carbocycles. The van der Waals surface area contributed by atoms with Crippen LogP contribution >= 0.6 is 23.2 Å². The van der Waals surface area contributed by atoms with E-state index in [-0.39, 0.29) is 0 Å². The van der Waals surface area contributed by atoms with Gasteiger partial charge in [-0.2, -0.15) is 0 Å². The average molecular weight is 549 g/mol. The molecule has 2 fully saturated rings. The van der Waals surface area contributed by atoms with Crippen LogP contribution in [0, 0.1) is 5.92 Å². The van der Waals surface area contributed by atoms with Gasteiger partial charge in [0.15, 0.2) is 5.65 Å². The second-order valence-corrected chi connectivity index (χ2v) is 10.9. The first kappa shape index (κ1) is 29.7. The van der Waals surface area contributed by atoms with Crippen LogP contribution in [0.3, 0.4) is 0 Å². The molecule has 0 saturated carbocycles. The van der Waals surface area contributed by atoms with Crippen molar-refractivity contribution < 1.29 is 4.74 Å². The predicted molar refractivity (Wildman–Crippen MR) is 157 cm³/mol. The Morgan fingerprint density at radius 1 is 1.05 bits per heavy atom. The molecule has 0 amide bonds. The van der Waals surface area contributed by atoms with Crippen molar-refractivity contribution in [2.45, 2.75) is 66.0 Å². The zero-order valence-corrected chi connectivity index (χ0v) is 24.8. The molecule has 2 aliphatic heterocycles. The highest BCUT2D eigenvalue weighted by Crippen LogP contribution is 2.34. The molecule has 2 saturated heterocycles. The van der Waals surface area contributed by atoms with Crippen molar-refractivity contribution in [2.75, 3.05) is 37.7 Å². The number of hydrogen-bond acceptors (Lipinski definition) is 5.